The van der Waals surface area contributed by atoms with Crippen LogP contribution in [0, 0.1) is 5.92 Å². The number of amides is 1. The van der Waals surface area contributed by atoms with Crippen molar-refractivity contribution in [2.45, 2.75) is 17.7 Å². The summed E-state index contributed by atoms with van der Waals surface area (Å²) < 4.78 is 28.2. The second-order valence-corrected chi connectivity index (χ2v) is 7.27. The number of carbonyl (C=O) groups excluding carboxylic acids is 1. The molecule has 1 amide bonds. The Morgan fingerprint density at radius 2 is 2.00 bits per heavy atom. The summed E-state index contributed by atoms with van der Waals surface area (Å²) >= 11 is 0. The fourth-order valence-corrected chi connectivity index (χ4v) is 4.11. The number of hydrogen-bond acceptors (Lipinski definition) is 4. The number of carbonyl (C=O) groups is 1. The van der Waals surface area contributed by atoms with Crippen LogP contribution in [0.3, 0.4) is 0 Å². The molecule has 7 nitrogen and oxygen atoms in total. The van der Waals surface area contributed by atoms with Crippen LogP contribution in [0.25, 0.3) is 0 Å². The van der Waals surface area contributed by atoms with Crippen molar-refractivity contribution in [1.82, 2.24) is 14.2 Å². The van der Waals surface area contributed by atoms with Crippen molar-refractivity contribution in [3.63, 3.8) is 0 Å². The zero-order chi connectivity index (χ0) is 15.6. The zero-order valence-corrected chi connectivity index (χ0v) is 14.4. The van der Waals surface area contributed by atoms with Crippen molar-refractivity contribution < 1.29 is 13.2 Å². The summed E-state index contributed by atoms with van der Waals surface area (Å²) in [7, 11) is -0.373. The van der Waals surface area contributed by atoms with Crippen LogP contribution in [0.15, 0.2) is 17.2 Å². The van der Waals surface area contributed by atoms with Crippen molar-refractivity contribution in [3.05, 3.63) is 18.0 Å². The van der Waals surface area contributed by atoms with Crippen molar-refractivity contribution >= 4 is 28.3 Å². The van der Waals surface area contributed by atoms with Crippen molar-refractivity contribution in [3.8, 4) is 0 Å². The molecule has 1 aliphatic rings. The number of aryl methyl sites for hydroxylation is 1. The molecule has 9 heteroatoms. The first-order chi connectivity index (χ1) is 9.90. The van der Waals surface area contributed by atoms with E-state index in [4.69, 9.17) is 5.73 Å². The molecule has 1 aliphatic heterocycles. The van der Waals surface area contributed by atoms with Gasteiger partial charge in [-0.2, -0.15) is 4.31 Å². The summed E-state index contributed by atoms with van der Waals surface area (Å²) in [6.45, 7) is 1.56. The number of rotatable bonds is 4. The smallest absolute Gasteiger partial charge is 0.267 e. The van der Waals surface area contributed by atoms with Crippen LogP contribution in [-0.2, 0) is 17.1 Å². The Hall–Kier alpha value is -1.09. The third kappa shape index (κ3) is 3.62. The molecule has 1 aromatic heterocycles. The van der Waals surface area contributed by atoms with Crippen LogP contribution in [0.4, 0.5) is 0 Å². The number of nitrogens with one attached hydrogen (secondary N) is 1. The molecule has 0 radical (unpaired) electrons. The standard InChI is InChI=1S/C13H22N4O3S.ClH/c1-15-13(18)12-7-11(9-16(12)2)21(19,20)17-5-3-10(8-14)4-6-17;/h7,9-10H,3-6,8,14H2,1-2H3,(H,15,18);1H. The molecular formula is C13H23ClN4O3S. The third-order valence-corrected chi connectivity index (χ3v) is 5.85. The SMILES string of the molecule is CNC(=O)c1cc(S(=O)(=O)N2CCC(CN)CC2)cn1C.Cl. The molecule has 0 atom stereocenters. The molecule has 1 fully saturated rings. The van der Waals surface area contributed by atoms with Gasteiger partial charge in [-0.05, 0) is 31.4 Å². The van der Waals surface area contributed by atoms with Crippen LogP contribution in [0.2, 0.25) is 0 Å². The molecule has 0 spiro atoms. The first-order valence-electron chi connectivity index (χ1n) is 6.98. The predicted molar refractivity (Wildman–Crippen MR) is 86.6 cm³/mol. The van der Waals surface area contributed by atoms with Crippen molar-refractivity contribution in [2.75, 3.05) is 26.7 Å². The zero-order valence-electron chi connectivity index (χ0n) is 12.8. The van der Waals surface area contributed by atoms with Gasteiger partial charge in [-0.3, -0.25) is 4.79 Å². The van der Waals surface area contributed by atoms with E-state index >= 15 is 0 Å². The molecule has 22 heavy (non-hydrogen) atoms. The van der Waals surface area contributed by atoms with Gasteiger partial charge in [0, 0.05) is 33.4 Å². The lowest BCUT2D eigenvalue weighted by molar-refractivity contribution is 0.0955. The topological polar surface area (TPSA) is 97.4 Å². The molecule has 0 aliphatic carbocycles. The van der Waals surface area contributed by atoms with Gasteiger partial charge >= 0.3 is 0 Å². The lowest BCUT2D eigenvalue weighted by atomic mass is 9.99. The van der Waals surface area contributed by atoms with Gasteiger partial charge in [0.1, 0.15) is 10.6 Å². The quantitative estimate of drug-likeness (QED) is 0.808. The molecular weight excluding hydrogens is 328 g/mol. The summed E-state index contributed by atoms with van der Waals surface area (Å²) in [6, 6.07) is 1.42. The van der Waals surface area contributed by atoms with Crippen LogP contribution in [0.5, 0.6) is 0 Å². The maximum absolute atomic E-state index is 12.6. The van der Waals surface area contributed by atoms with Crippen LogP contribution >= 0.6 is 12.4 Å². The molecule has 3 N–H and O–H groups in total. The number of nitrogens with zero attached hydrogens (tertiary/aromatic N) is 2. The first-order valence-corrected chi connectivity index (χ1v) is 8.42. The van der Waals surface area contributed by atoms with Gasteiger partial charge in [-0.15, -0.1) is 12.4 Å². The Balaban J connectivity index is 0.00000242. The molecule has 0 saturated carbocycles. The molecule has 2 heterocycles. The average Bonchev–Trinajstić information content (AvgIpc) is 2.89. The fraction of sp³-hybridized carbons (Fsp3) is 0.615. The maximum Gasteiger partial charge on any atom is 0.267 e. The number of piperidine rings is 1. The molecule has 0 unspecified atom stereocenters. The Morgan fingerprint density at radius 1 is 1.41 bits per heavy atom. The van der Waals surface area contributed by atoms with Crippen LogP contribution < -0.4 is 11.1 Å². The highest BCUT2D eigenvalue weighted by molar-refractivity contribution is 7.89. The summed E-state index contributed by atoms with van der Waals surface area (Å²) in [5.74, 6) is 0.0921. The number of sulfonamides is 1. The summed E-state index contributed by atoms with van der Waals surface area (Å²) in [6.07, 6.45) is 3.05. The highest BCUT2D eigenvalue weighted by Crippen LogP contribution is 2.24. The van der Waals surface area contributed by atoms with E-state index in [1.165, 1.54) is 28.2 Å². The summed E-state index contributed by atoms with van der Waals surface area (Å²) in [4.78, 5) is 11.8. The van der Waals surface area contributed by atoms with Gasteiger partial charge in [0.2, 0.25) is 10.0 Å². The third-order valence-electron chi connectivity index (χ3n) is 3.98. The first kappa shape index (κ1) is 19.0. The van der Waals surface area contributed by atoms with E-state index in [2.05, 4.69) is 5.32 Å². The minimum absolute atomic E-state index is 0. The largest absolute Gasteiger partial charge is 0.354 e. The van der Waals surface area contributed by atoms with Crippen LogP contribution in [-0.4, -0.2) is 49.9 Å². The average molecular weight is 351 g/mol. The minimum Gasteiger partial charge on any atom is -0.354 e. The number of halogens is 1. The van der Waals surface area contributed by atoms with Crippen LogP contribution in [0.1, 0.15) is 23.3 Å². The number of hydrogen-bond donors (Lipinski definition) is 2. The molecule has 1 aromatic rings. The van der Waals surface area contributed by atoms with Gasteiger partial charge < -0.3 is 15.6 Å². The Kier molecular flexibility index (Phi) is 6.42. The van der Waals surface area contributed by atoms with E-state index in [-0.39, 0.29) is 23.2 Å². The molecule has 1 saturated heterocycles. The van der Waals surface area contributed by atoms with Gasteiger partial charge in [0.05, 0.1) is 0 Å². The fourth-order valence-electron chi connectivity index (χ4n) is 2.56. The van der Waals surface area contributed by atoms with E-state index in [1.807, 2.05) is 0 Å². The molecule has 0 aromatic carbocycles. The highest BCUT2D eigenvalue weighted by Gasteiger charge is 2.30. The maximum atomic E-state index is 12.6. The molecule has 2 rings (SSSR count). The normalized spacial score (nSPS) is 17.0. The van der Waals surface area contributed by atoms with Gasteiger partial charge in [-0.25, -0.2) is 8.42 Å². The summed E-state index contributed by atoms with van der Waals surface area (Å²) in [5.41, 5.74) is 5.95. The predicted octanol–water partition coefficient (Wildman–Crippen LogP) is 0.166. The van der Waals surface area contributed by atoms with E-state index in [0.29, 0.717) is 31.2 Å². The van der Waals surface area contributed by atoms with Gasteiger partial charge in [0.15, 0.2) is 0 Å². The lowest BCUT2D eigenvalue weighted by Gasteiger charge is -2.30. The van der Waals surface area contributed by atoms with E-state index in [1.54, 1.807) is 7.05 Å². The Morgan fingerprint density at radius 3 is 2.50 bits per heavy atom. The van der Waals surface area contributed by atoms with Gasteiger partial charge in [0.25, 0.3) is 5.91 Å². The molecule has 126 valence electrons. The lowest BCUT2D eigenvalue weighted by Crippen LogP contribution is -2.39. The van der Waals surface area contributed by atoms with E-state index in [9.17, 15) is 13.2 Å². The van der Waals surface area contributed by atoms with E-state index < -0.39 is 10.0 Å². The van der Waals surface area contributed by atoms with E-state index in [0.717, 1.165) is 12.8 Å². The van der Waals surface area contributed by atoms with Gasteiger partial charge in [-0.1, -0.05) is 0 Å². The number of aromatic nitrogens is 1. The number of nitrogens with two attached hydrogens (primary N) is 1. The Labute approximate surface area is 137 Å². The summed E-state index contributed by atoms with van der Waals surface area (Å²) in [5, 5.41) is 2.50. The second-order valence-electron chi connectivity index (χ2n) is 5.33. The van der Waals surface area contributed by atoms with Crippen molar-refractivity contribution in [2.24, 2.45) is 18.7 Å². The molecule has 0 bridgehead atoms. The monoisotopic (exact) mass is 350 g/mol. The highest BCUT2D eigenvalue weighted by atomic mass is 35.5. The Bertz CT molecular complexity index is 621. The minimum atomic E-state index is -3.55. The second kappa shape index (κ2) is 7.45. The van der Waals surface area contributed by atoms with Crippen molar-refractivity contribution in [1.29, 1.82) is 0 Å².